The number of rotatable bonds is 5. The number of anilines is 1. The molecule has 0 aromatic carbocycles. The third kappa shape index (κ3) is 3.59. The largest absolute Gasteiger partial charge is 0.387 e. The summed E-state index contributed by atoms with van der Waals surface area (Å²) in [6.45, 7) is 7.22. The number of hydrogen-bond donors (Lipinski definition) is 1. The predicted molar refractivity (Wildman–Crippen MR) is 89.1 cm³/mol. The highest BCUT2D eigenvalue weighted by molar-refractivity contribution is 5.37. The summed E-state index contributed by atoms with van der Waals surface area (Å²) in [5.74, 6) is 0.970. The number of methoxy groups -OCH3 is 1. The lowest BCUT2D eigenvalue weighted by Gasteiger charge is -2.50. The molecule has 1 aromatic rings. The van der Waals surface area contributed by atoms with E-state index in [4.69, 9.17) is 4.74 Å². The number of aromatic nitrogens is 1. The first kappa shape index (κ1) is 17.2. The topological polar surface area (TPSA) is 48.8 Å². The zero-order valence-corrected chi connectivity index (χ0v) is 14.5. The molecule has 0 saturated carbocycles. The fourth-order valence-electron chi connectivity index (χ4n) is 3.14. The molecule has 0 aliphatic carbocycles. The van der Waals surface area contributed by atoms with Crippen molar-refractivity contribution in [3.8, 4) is 0 Å². The summed E-state index contributed by atoms with van der Waals surface area (Å²) in [6, 6.07) is 4.18. The van der Waals surface area contributed by atoms with Crippen LogP contribution in [0.25, 0.3) is 0 Å². The van der Waals surface area contributed by atoms with E-state index < -0.39 is 5.60 Å². The number of piperidine rings is 1. The predicted octanol–water partition coefficient (Wildman–Crippen LogP) is 1.76. The summed E-state index contributed by atoms with van der Waals surface area (Å²) < 4.78 is 5.23. The van der Waals surface area contributed by atoms with Gasteiger partial charge in [0.2, 0.25) is 0 Å². The van der Waals surface area contributed by atoms with E-state index in [9.17, 15) is 5.11 Å². The van der Waals surface area contributed by atoms with Gasteiger partial charge in [0.1, 0.15) is 5.82 Å². The van der Waals surface area contributed by atoms with E-state index in [0.717, 1.165) is 31.9 Å². The van der Waals surface area contributed by atoms with Crippen molar-refractivity contribution in [3.05, 3.63) is 23.9 Å². The van der Waals surface area contributed by atoms with Crippen molar-refractivity contribution in [2.24, 2.45) is 5.41 Å². The number of ether oxygens (including phenoxy) is 1. The van der Waals surface area contributed by atoms with Gasteiger partial charge in [0.25, 0.3) is 0 Å². The summed E-state index contributed by atoms with van der Waals surface area (Å²) >= 11 is 0. The van der Waals surface area contributed by atoms with E-state index in [1.54, 1.807) is 7.11 Å². The smallest absolute Gasteiger partial charge is 0.127 e. The Kier molecular flexibility index (Phi) is 5.10. The van der Waals surface area contributed by atoms with Crippen molar-refractivity contribution in [3.63, 3.8) is 0 Å². The van der Waals surface area contributed by atoms with E-state index in [0.29, 0.717) is 6.61 Å². The second-order valence-corrected chi connectivity index (χ2v) is 7.23. The lowest BCUT2D eigenvalue weighted by Crippen LogP contribution is -2.59. The number of aliphatic hydroxyl groups is 1. The minimum absolute atomic E-state index is 0.196. The summed E-state index contributed by atoms with van der Waals surface area (Å²) in [4.78, 5) is 8.85. The first-order valence-electron chi connectivity index (χ1n) is 7.83. The van der Waals surface area contributed by atoms with Crippen LogP contribution in [0.15, 0.2) is 18.3 Å². The molecular weight excluding hydrogens is 278 g/mol. The minimum atomic E-state index is -0.745. The molecule has 1 fully saturated rings. The maximum atomic E-state index is 10.8. The molecule has 1 atom stereocenters. The second-order valence-electron chi connectivity index (χ2n) is 7.23. The Morgan fingerprint density at radius 3 is 2.59 bits per heavy atom. The highest BCUT2D eigenvalue weighted by atomic mass is 16.5. The van der Waals surface area contributed by atoms with Crippen LogP contribution in [0.5, 0.6) is 0 Å². The van der Waals surface area contributed by atoms with E-state index in [2.05, 4.69) is 29.8 Å². The van der Waals surface area contributed by atoms with Crippen LogP contribution in [0.1, 0.15) is 25.8 Å². The van der Waals surface area contributed by atoms with Gasteiger partial charge in [0.15, 0.2) is 0 Å². The summed E-state index contributed by atoms with van der Waals surface area (Å²) in [5.41, 5.74) is 0.266. The SMILES string of the molecule is COC[C@]1(O)CCN(Cc2ccc(N(C)C)nc2)CC1(C)C. The molecule has 1 N–H and O–H groups in total. The van der Waals surface area contributed by atoms with Crippen LogP contribution >= 0.6 is 0 Å². The molecule has 1 aromatic heterocycles. The van der Waals surface area contributed by atoms with Gasteiger partial charge >= 0.3 is 0 Å². The lowest BCUT2D eigenvalue weighted by molar-refractivity contribution is -0.151. The number of likely N-dealkylation sites (tertiary alicyclic amines) is 1. The molecule has 5 nitrogen and oxygen atoms in total. The highest BCUT2D eigenvalue weighted by Gasteiger charge is 2.47. The van der Waals surface area contributed by atoms with Gasteiger partial charge in [-0.25, -0.2) is 4.98 Å². The van der Waals surface area contributed by atoms with Crippen LogP contribution < -0.4 is 4.90 Å². The average molecular weight is 307 g/mol. The number of pyridine rings is 1. The highest BCUT2D eigenvalue weighted by Crippen LogP contribution is 2.39. The van der Waals surface area contributed by atoms with Crippen LogP contribution in [0.4, 0.5) is 5.82 Å². The summed E-state index contributed by atoms with van der Waals surface area (Å²) in [7, 11) is 5.63. The fraction of sp³-hybridized carbons (Fsp3) is 0.706. The molecule has 0 bridgehead atoms. The minimum Gasteiger partial charge on any atom is -0.387 e. The maximum absolute atomic E-state index is 10.8. The standard InChI is InChI=1S/C17H29N3O2/c1-16(2)12-20(9-8-17(16,21)13-22-5)11-14-6-7-15(18-10-14)19(3)4/h6-7,10,21H,8-9,11-13H2,1-5H3/t17-/m1/s1. The van der Waals surface area contributed by atoms with Gasteiger partial charge in [0.05, 0.1) is 12.2 Å². The van der Waals surface area contributed by atoms with Gasteiger partial charge in [-0.05, 0) is 18.1 Å². The zero-order chi connectivity index (χ0) is 16.4. The van der Waals surface area contributed by atoms with Crippen molar-refractivity contribution >= 4 is 5.82 Å². The molecule has 0 amide bonds. The van der Waals surface area contributed by atoms with Crippen LogP contribution in [0, 0.1) is 5.41 Å². The second kappa shape index (κ2) is 6.52. The van der Waals surface area contributed by atoms with Gasteiger partial charge < -0.3 is 14.7 Å². The molecule has 1 saturated heterocycles. The third-order valence-corrected chi connectivity index (χ3v) is 4.78. The molecular formula is C17H29N3O2. The molecule has 1 aliphatic heterocycles. The third-order valence-electron chi connectivity index (χ3n) is 4.78. The quantitative estimate of drug-likeness (QED) is 0.898. The van der Waals surface area contributed by atoms with Gasteiger partial charge in [-0.2, -0.15) is 0 Å². The Hall–Kier alpha value is -1.17. The molecule has 2 heterocycles. The van der Waals surface area contributed by atoms with Gasteiger partial charge in [-0.1, -0.05) is 19.9 Å². The van der Waals surface area contributed by atoms with Crippen molar-refractivity contribution in [1.29, 1.82) is 0 Å². The van der Waals surface area contributed by atoms with Crippen LogP contribution in [-0.2, 0) is 11.3 Å². The van der Waals surface area contributed by atoms with Gasteiger partial charge in [-0.3, -0.25) is 4.90 Å². The van der Waals surface area contributed by atoms with Gasteiger partial charge in [-0.15, -0.1) is 0 Å². The Balaban J connectivity index is 2.01. The Labute approximate surface area is 133 Å². The Bertz CT molecular complexity index is 487. The van der Waals surface area contributed by atoms with Crippen molar-refractivity contribution in [1.82, 2.24) is 9.88 Å². The molecule has 0 unspecified atom stereocenters. The summed E-state index contributed by atoms with van der Waals surface area (Å²) in [6.07, 6.45) is 2.68. The van der Waals surface area contributed by atoms with Crippen molar-refractivity contribution in [2.75, 3.05) is 45.8 Å². The van der Waals surface area contributed by atoms with E-state index in [1.165, 1.54) is 5.56 Å². The van der Waals surface area contributed by atoms with E-state index in [1.807, 2.05) is 31.3 Å². The first-order chi connectivity index (χ1) is 10.3. The monoisotopic (exact) mass is 307 g/mol. The number of hydrogen-bond acceptors (Lipinski definition) is 5. The van der Waals surface area contributed by atoms with Crippen LogP contribution in [0.3, 0.4) is 0 Å². The lowest BCUT2D eigenvalue weighted by atomic mass is 9.70. The zero-order valence-electron chi connectivity index (χ0n) is 14.5. The first-order valence-corrected chi connectivity index (χ1v) is 7.83. The van der Waals surface area contributed by atoms with Crippen molar-refractivity contribution < 1.29 is 9.84 Å². The van der Waals surface area contributed by atoms with Crippen molar-refractivity contribution in [2.45, 2.75) is 32.4 Å². The fourth-order valence-corrected chi connectivity index (χ4v) is 3.14. The molecule has 5 heteroatoms. The Morgan fingerprint density at radius 1 is 1.36 bits per heavy atom. The number of nitrogens with zero attached hydrogens (tertiary/aromatic N) is 3. The maximum Gasteiger partial charge on any atom is 0.127 e. The van der Waals surface area contributed by atoms with Crippen LogP contribution in [0.2, 0.25) is 0 Å². The molecule has 124 valence electrons. The van der Waals surface area contributed by atoms with Crippen LogP contribution in [-0.4, -0.2) is 61.5 Å². The molecule has 0 radical (unpaired) electrons. The van der Waals surface area contributed by atoms with Gasteiger partial charge in [0, 0.05) is 52.5 Å². The van der Waals surface area contributed by atoms with E-state index in [-0.39, 0.29) is 5.41 Å². The average Bonchev–Trinajstić information content (AvgIpc) is 2.44. The summed E-state index contributed by atoms with van der Waals surface area (Å²) in [5, 5.41) is 10.8. The normalized spacial score (nSPS) is 25.2. The van der Waals surface area contributed by atoms with E-state index >= 15 is 0 Å². The molecule has 1 aliphatic rings. The Morgan fingerprint density at radius 2 is 2.09 bits per heavy atom. The molecule has 2 rings (SSSR count). The molecule has 22 heavy (non-hydrogen) atoms. The molecule has 0 spiro atoms.